The number of anilines is 1. The van der Waals surface area contributed by atoms with Crippen LogP contribution in [0.1, 0.15) is 10.4 Å². The van der Waals surface area contributed by atoms with Gasteiger partial charge in [-0.3, -0.25) is 9.40 Å². The molecule has 0 unspecified atom stereocenters. The van der Waals surface area contributed by atoms with Crippen molar-refractivity contribution in [3.63, 3.8) is 0 Å². The quantitative estimate of drug-likeness (QED) is 0.881. The van der Waals surface area contributed by atoms with Crippen LogP contribution in [0.3, 0.4) is 0 Å². The first kappa shape index (κ1) is 13.1. The lowest BCUT2D eigenvalue weighted by Crippen LogP contribution is -2.15. The van der Waals surface area contributed by atoms with Crippen LogP contribution in [0.15, 0.2) is 22.5 Å². The molecule has 0 aliphatic carbocycles. The summed E-state index contributed by atoms with van der Waals surface area (Å²) in [6.45, 7) is 1.40. The Morgan fingerprint density at radius 2 is 2.28 bits per heavy atom. The van der Waals surface area contributed by atoms with Gasteiger partial charge < -0.3 is 5.11 Å². The number of hydrogen-bond acceptors (Lipinski definition) is 5. The molecule has 0 amide bonds. The molecule has 0 radical (unpaired) electrons. The van der Waals surface area contributed by atoms with E-state index in [2.05, 4.69) is 9.82 Å². The van der Waals surface area contributed by atoms with Crippen molar-refractivity contribution < 1.29 is 13.5 Å². The molecule has 98 valence electrons. The van der Waals surface area contributed by atoms with Crippen LogP contribution in [0.5, 0.6) is 0 Å². The maximum Gasteiger partial charge on any atom is 0.264 e. The van der Waals surface area contributed by atoms with E-state index in [4.69, 9.17) is 5.11 Å². The van der Waals surface area contributed by atoms with E-state index >= 15 is 0 Å². The van der Waals surface area contributed by atoms with E-state index in [0.29, 0.717) is 10.4 Å². The Balaban J connectivity index is 2.39. The van der Waals surface area contributed by atoms with Gasteiger partial charge >= 0.3 is 0 Å². The lowest BCUT2D eigenvalue weighted by atomic mass is 10.3. The molecular weight excluding hydrogens is 274 g/mol. The lowest BCUT2D eigenvalue weighted by molar-refractivity contribution is 0.282. The summed E-state index contributed by atoms with van der Waals surface area (Å²) in [5.74, 6) is 0.256. The normalized spacial score (nSPS) is 11.7. The van der Waals surface area contributed by atoms with Crippen LogP contribution in [0.25, 0.3) is 0 Å². The van der Waals surface area contributed by atoms with Crippen LogP contribution >= 0.6 is 11.3 Å². The van der Waals surface area contributed by atoms with Gasteiger partial charge in [0.15, 0.2) is 5.82 Å². The fraction of sp³-hybridized carbons (Fsp3) is 0.300. The highest BCUT2D eigenvalue weighted by atomic mass is 32.2. The number of rotatable bonds is 4. The first-order chi connectivity index (χ1) is 8.44. The van der Waals surface area contributed by atoms with E-state index in [1.807, 2.05) is 0 Å². The van der Waals surface area contributed by atoms with Gasteiger partial charge in [0.2, 0.25) is 0 Å². The standard InChI is InChI=1S/C10H13N3O3S2/c1-7-6-17-8(5-14)10(7)18(15,16)12-9-3-4-13(2)11-9/h3-4,6,14H,5H2,1-2H3,(H,11,12). The predicted octanol–water partition coefficient (Wildman–Crippen LogP) is 1.08. The zero-order valence-corrected chi connectivity index (χ0v) is 11.5. The van der Waals surface area contributed by atoms with Crippen LogP contribution in [0, 0.1) is 6.92 Å². The maximum atomic E-state index is 12.2. The van der Waals surface area contributed by atoms with Gasteiger partial charge in [0.1, 0.15) is 4.90 Å². The first-order valence-electron chi connectivity index (χ1n) is 5.14. The largest absolute Gasteiger partial charge is 0.391 e. The summed E-state index contributed by atoms with van der Waals surface area (Å²) in [5.41, 5.74) is 0.618. The number of aryl methyl sites for hydroxylation is 2. The van der Waals surface area contributed by atoms with Crippen LogP contribution < -0.4 is 4.72 Å². The second kappa shape index (κ2) is 4.71. The van der Waals surface area contributed by atoms with Crippen LogP contribution in [0.4, 0.5) is 5.82 Å². The molecule has 0 aliphatic rings. The van der Waals surface area contributed by atoms with Gasteiger partial charge in [-0.1, -0.05) is 0 Å². The number of nitrogens with one attached hydrogen (secondary N) is 1. The molecule has 0 aromatic carbocycles. The Hall–Kier alpha value is -1.38. The van der Waals surface area contributed by atoms with Crippen molar-refractivity contribution in [2.75, 3.05) is 4.72 Å². The summed E-state index contributed by atoms with van der Waals surface area (Å²) in [6.07, 6.45) is 1.64. The molecule has 0 saturated heterocycles. The zero-order valence-electron chi connectivity index (χ0n) is 9.91. The third kappa shape index (κ3) is 2.40. The fourth-order valence-corrected chi connectivity index (χ4v) is 4.28. The van der Waals surface area contributed by atoms with Crippen molar-refractivity contribution in [3.8, 4) is 0 Å². The number of aliphatic hydroxyl groups is 1. The molecule has 0 bridgehead atoms. The van der Waals surface area contributed by atoms with Crippen molar-refractivity contribution in [1.29, 1.82) is 0 Å². The number of sulfonamides is 1. The molecular formula is C10H13N3O3S2. The Bertz CT molecular complexity index is 658. The highest BCUT2D eigenvalue weighted by Gasteiger charge is 2.23. The number of aromatic nitrogens is 2. The summed E-state index contributed by atoms with van der Waals surface area (Å²) < 4.78 is 28.3. The minimum atomic E-state index is -3.71. The second-order valence-corrected chi connectivity index (χ2v) is 6.39. The molecule has 0 aliphatic heterocycles. The average molecular weight is 287 g/mol. The number of thiophene rings is 1. The maximum absolute atomic E-state index is 12.2. The highest BCUT2D eigenvalue weighted by molar-refractivity contribution is 7.93. The smallest absolute Gasteiger partial charge is 0.264 e. The van der Waals surface area contributed by atoms with E-state index in [1.165, 1.54) is 16.0 Å². The molecule has 0 atom stereocenters. The van der Waals surface area contributed by atoms with Crippen molar-refractivity contribution in [2.24, 2.45) is 7.05 Å². The molecule has 2 aromatic rings. The van der Waals surface area contributed by atoms with Gasteiger partial charge in [-0.2, -0.15) is 5.10 Å². The minimum absolute atomic E-state index is 0.139. The number of nitrogens with zero attached hydrogens (tertiary/aromatic N) is 2. The van der Waals surface area contributed by atoms with Gasteiger partial charge in [0.25, 0.3) is 10.0 Å². The van der Waals surface area contributed by atoms with Gasteiger partial charge in [0, 0.05) is 19.3 Å². The molecule has 2 aromatic heterocycles. The lowest BCUT2D eigenvalue weighted by Gasteiger charge is -2.06. The molecule has 0 spiro atoms. The van der Waals surface area contributed by atoms with Crippen LogP contribution in [-0.2, 0) is 23.7 Å². The van der Waals surface area contributed by atoms with Crippen molar-refractivity contribution >= 4 is 27.2 Å². The Kier molecular flexibility index (Phi) is 3.42. The molecule has 2 N–H and O–H groups in total. The summed E-state index contributed by atoms with van der Waals surface area (Å²) in [5, 5.41) is 14.8. The Morgan fingerprint density at radius 1 is 1.56 bits per heavy atom. The number of aliphatic hydroxyl groups excluding tert-OH is 1. The third-order valence-corrected chi connectivity index (χ3v) is 5.16. The molecule has 0 fully saturated rings. The average Bonchev–Trinajstić information content (AvgIpc) is 2.84. The SMILES string of the molecule is Cc1csc(CO)c1S(=O)(=O)Nc1ccn(C)n1. The van der Waals surface area contributed by atoms with Crippen molar-refractivity contribution in [2.45, 2.75) is 18.4 Å². The van der Waals surface area contributed by atoms with Crippen LogP contribution in [0.2, 0.25) is 0 Å². The fourth-order valence-electron chi connectivity index (χ4n) is 1.62. The molecule has 6 nitrogen and oxygen atoms in total. The van der Waals surface area contributed by atoms with E-state index in [9.17, 15) is 8.42 Å². The molecule has 18 heavy (non-hydrogen) atoms. The first-order valence-corrected chi connectivity index (χ1v) is 7.50. The summed E-state index contributed by atoms with van der Waals surface area (Å²) >= 11 is 1.22. The monoisotopic (exact) mass is 287 g/mol. The van der Waals surface area contributed by atoms with Crippen molar-refractivity contribution in [3.05, 3.63) is 28.1 Å². The van der Waals surface area contributed by atoms with E-state index in [-0.39, 0.29) is 17.3 Å². The second-order valence-electron chi connectivity index (χ2n) is 3.81. The van der Waals surface area contributed by atoms with Gasteiger partial charge in [-0.25, -0.2) is 8.42 Å². The van der Waals surface area contributed by atoms with E-state index in [1.54, 1.807) is 31.6 Å². The van der Waals surface area contributed by atoms with Gasteiger partial charge in [-0.05, 0) is 17.9 Å². The summed E-state index contributed by atoms with van der Waals surface area (Å²) in [6, 6.07) is 1.57. The van der Waals surface area contributed by atoms with E-state index in [0.717, 1.165) is 0 Å². The molecule has 0 saturated carbocycles. The Morgan fingerprint density at radius 3 is 2.83 bits per heavy atom. The highest BCUT2D eigenvalue weighted by Crippen LogP contribution is 2.28. The third-order valence-electron chi connectivity index (χ3n) is 2.35. The van der Waals surface area contributed by atoms with E-state index < -0.39 is 10.0 Å². The summed E-state index contributed by atoms with van der Waals surface area (Å²) in [4.78, 5) is 0.566. The molecule has 2 rings (SSSR count). The molecule has 2 heterocycles. The van der Waals surface area contributed by atoms with Gasteiger partial charge in [-0.15, -0.1) is 11.3 Å². The number of hydrogen-bond donors (Lipinski definition) is 2. The van der Waals surface area contributed by atoms with Crippen LogP contribution in [-0.4, -0.2) is 23.3 Å². The molecule has 8 heteroatoms. The van der Waals surface area contributed by atoms with Crippen molar-refractivity contribution in [1.82, 2.24) is 9.78 Å². The minimum Gasteiger partial charge on any atom is -0.391 e. The topological polar surface area (TPSA) is 84.2 Å². The summed E-state index contributed by atoms with van der Waals surface area (Å²) in [7, 11) is -2.00. The van der Waals surface area contributed by atoms with Gasteiger partial charge in [0.05, 0.1) is 11.5 Å². The zero-order chi connectivity index (χ0) is 13.3. The predicted molar refractivity (Wildman–Crippen MR) is 69.0 cm³/mol. The Labute approximate surface area is 109 Å².